The van der Waals surface area contributed by atoms with Gasteiger partial charge in [0.25, 0.3) is 0 Å². The summed E-state index contributed by atoms with van der Waals surface area (Å²) in [6, 6.07) is 6.48. The van der Waals surface area contributed by atoms with Crippen LogP contribution in [0, 0.1) is 0 Å². The summed E-state index contributed by atoms with van der Waals surface area (Å²) in [6.45, 7) is 0. The van der Waals surface area contributed by atoms with Crippen molar-refractivity contribution in [2.45, 2.75) is 31.6 Å². The van der Waals surface area contributed by atoms with Gasteiger partial charge in [0.05, 0.1) is 11.0 Å². The molecule has 3 rings (SSSR count). The van der Waals surface area contributed by atoms with Crippen molar-refractivity contribution in [3.63, 3.8) is 0 Å². The molecular formula is C13H16N2S. The van der Waals surface area contributed by atoms with Crippen molar-refractivity contribution >= 4 is 23.7 Å². The van der Waals surface area contributed by atoms with Crippen molar-refractivity contribution in [2.75, 3.05) is 5.75 Å². The van der Waals surface area contributed by atoms with E-state index in [1.54, 1.807) is 0 Å². The Morgan fingerprint density at radius 3 is 2.94 bits per heavy atom. The number of benzene rings is 1. The van der Waals surface area contributed by atoms with Gasteiger partial charge in [-0.25, -0.2) is 4.98 Å². The summed E-state index contributed by atoms with van der Waals surface area (Å²) < 4.78 is 0. The molecule has 0 unspecified atom stereocenters. The lowest BCUT2D eigenvalue weighted by atomic mass is 9.85. The van der Waals surface area contributed by atoms with Crippen LogP contribution < -0.4 is 0 Å². The maximum absolute atomic E-state index is 4.66. The maximum Gasteiger partial charge on any atom is 0.110 e. The Morgan fingerprint density at radius 2 is 2.25 bits per heavy atom. The number of aromatic amines is 1. The molecule has 1 aromatic heterocycles. The molecule has 0 bridgehead atoms. The maximum atomic E-state index is 4.66. The summed E-state index contributed by atoms with van der Waals surface area (Å²) in [7, 11) is 0. The molecule has 0 saturated heterocycles. The van der Waals surface area contributed by atoms with Crippen molar-refractivity contribution in [3.05, 3.63) is 29.6 Å². The minimum absolute atomic E-state index is 0.681. The zero-order valence-electron chi connectivity index (χ0n) is 9.24. The highest BCUT2D eigenvalue weighted by atomic mass is 32.1. The molecule has 2 aromatic rings. The zero-order chi connectivity index (χ0) is 11.0. The van der Waals surface area contributed by atoms with Crippen LogP contribution in [-0.2, 0) is 6.42 Å². The second-order valence-electron chi connectivity index (χ2n) is 4.57. The predicted octanol–water partition coefficient (Wildman–Crippen LogP) is 3.30. The van der Waals surface area contributed by atoms with Crippen molar-refractivity contribution in [2.24, 2.45) is 0 Å². The number of fused-ring (bicyclic) bond motifs is 1. The van der Waals surface area contributed by atoms with Crippen LogP contribution in [0.25, 0.3) is 11.0 Å². The van der Waals surface area contributed by atoms with E-state index in [2.05, 4.69) is 40.8 Å². The van der Waals surface area contributed by atoms with Crippen molar-refractivity contribution in [1.82, 2.24) is 9.97 Å². The smallest absolute Gasteiger partial charge is 0.110 e. The Hall–Kier alpha value is -0.960. The number of H-pyrrole nitrogens is 1. The third kappa shape index (κ3) is 1.73. The van der Waals surface area contributed by atoms with Crippen LogP contribution in [0.1, 0.15) is 36.6 Å². The van der Waals surface area contributed by atoms with Gasteiger partial charge in [-0.05, 0) is 42.7 Å². The van der Waals surface area contributed by atoms with Crippen LogP contribution >= 0.6 is 12.6 Å². The van der Waals surface area contributed by atoms with Crippen LogP contribution in [0.3, 0.4) is 0 Å². The molecule has 2 nitrogen and oxygen atoms in total. The van der Waals surface area contributed by atoms with Gasteiger partial charge in [-0.2, -0.15) is 12.6 Å². The van der Waals surface area contributed by atoms with Gasteiger partial charge in [0.15, 0.2) is 0 Å². The number of nitrogens with one attached hydrogen (secondary N) is 1. The van der Waals surface area contributed by atoms with Crippen LogP contribution in [0.15, 0.2) is 18.2 Å². The molecule has 1 fully saturated rings. The van der Waals surface area contributed by atoms with Crippen molar-refractivity contribution in [3.8, 4) is 0 Å². The van der Waals surface area contributed by atoms with E-state index in [9.17, 15) is 0 Å². The minimum Gasteiger partial charge on any atom is -0.342 e. The number of hydrogen-bond donors (Lipinski definition) is 2. The van der Waals surface area contributed by atoms with Gasteiger partial charge in [-0.3, -0.25) is 0 Å². The fourth-order valence-electron chi connectivity index (χ4n) is 2.24. The van der Waals surface area contributed by atoms with E-state index in [-0.39, 0.29) is 0 Å². The standard InChI is InChI=1S/C13H16N2S/c16-7-6-9-4-5-11-12(8-9)15-13(14-11)10-2-1-3-10/h4-5,8,10,16H,1-3,6-7H2,(H,14,15). The van der Waals surface area contributed by atoms with Crippen LogP contribution in [0.2, 0.25) is 0 Å². The minimum atomic E-state index is 0.681. The molecule has 0 radical (unpaired) electrons. The van der Waals surface area contributed by atoms with Gasteiger partial charge >= 0.3 is 0 Å². The number of thiol groups is 1. The molecule has 1 aromatic carbocycles. The van der Waals surface area contributed by atoms with E-state index in [4.69, 9.17) is 0 Å². The molecule has 3 heteroatoms. The highest BCUT2D eigenvalue weighted by Gasteiger charge is 2.22. The van der Waals surface area contributed by atoms with Gasteiger partial charge in [0.1, 0.15) is 5.82 Å². The number of aromatic nitrogens is 2. The summed E-state index contributed by atoms with van der Waals surface area (Å²) in [4.78, 5) is 8.12. The summed E-state index contributed by atoms with van der Waals surface area (Å²) in [5.74, 6) is 2.76. The Labute approximate surface area is 101 Å². The van der Waals surface area contributed by atoms with Crippen LogP contribution in [0.5, 0.6) is 0 Å². The first-order valence-corrected chi connectivity index (χ1v) is 6.59. The highest BCUT2D eigenvalue weighted by Crippen LogP contribution is 2.35. The van der Waals surface area contributed by atoms with Gasteiger partial charge in [-0.15, -0.1) is 0 Å². The van der Waals surface area contributed by atoms with E-state index in [1.165, 1.54) is 36.2 Å². The monoisotopic (exact) mass is 232 g/mol. The van der Waals surface area contributed by atoms with E-state index < -0.39 is 0 Å². The summed E-state index contributed by atoms with van der Waals surface area (Å²) in [5, 5.41) is 0. The Bertz CT molecular complexity index is 500. The second kappa shape index (κ2) is 4.13. The van der Waals surface area contributed by atoms with E-state index in [0.29, 0.717) is 5.92 Å². The summed E-state index contributed by atoms with van der Waals surface area (Å²) >= 11 is 4.26. The number of aryl methyl sites for hydroxylation is 1. The zero-order valence-corrected chi connectivity index (χ0v) is 10.1. The van der Waals surface area contributed by atoms with Gasteiger partial charge in [0.2, 0.25) is 0 Å². The Kier molecular flexibility index (Phi) is 2.64. The quantitative estimate of drug-likeness (QED) is 0.781. The predicted molar refractivity (Wildman–Crippen MR) is 70.2 cm³/mol. The number of rotatable bonds is 3. The first kappa shape index (κ1) is 10.2. The molecule has 1 aliphatic rings. The second-order valence-corrected chi connectivity index (χ2v) is 5.02. The number of nitrogens with zero attached hydrogens (tertiary/aromatic N) is 1. The normalized spacial score (nSPS) is 16.6. The first-order chi connectivity index (χ1) is 7.86. The summed E-state index contributed by atoms with van der Waals surface area (Å²) in [5.41, 5.74) is 3.62. The fourth-order valence-corrected chi connectivity index (χ4v) is 2.49. The Morgan fingerprint density at radius 1 is 1.38 bits per heavy atom. The number of imidazole rings is 1. The fraction of sp³-hybridized carbons (Fsp3) is 0.462. The van der Waals surface area contributed by atoms with Crippen LogP contribution in [-0.4, -0.2) is 15.7 Å². The van der Waals surface area contributed by atoms with Gasteiger partial charge < -0.3 is 4.98 Å². The summed E-state index contributed by atoms with van der Waals surface area (Å²) in [6.07, 6.45) is 4.97. The van der Waals surface area contributed by atoms with Crippen molar-refractivity contribution < 1.29 is 0 Å². The highest BCUT2D eigenvalue weighted by molar-refractivity contribution is 7.80. The van der Waals surface area contributed by atoms with Crippen molar-refractivity contribution in [1.29, 1.82) is 0 Å². The molecule has 1 aliphatic carbocycles. The average Bonchev–Trinajstić information content (AvgIpc) is 2.57. The molecule has 0 atom stereocenters. The molecule has 0 aliphatic heterocycles. The first-order valence-electron chi connectivity index (χ1n) is 5.96. The molecule has 84 valence electrons. The van der Waals surface area contributed by atoms with E-state index in [0.717, 1.165) is 17.7 Å². The van der Waals surface area contributed by atoms with E-state index >= 15 is 0 Å². The Balaban J connectivity index is 1.96. The average molecular weight is 232 g/mol. The third-order valence-electron chi connectivity index (χ3n) is 3.46. The molecule has 1 heterocycles. The van der Waals surface area contributed by atoms with Gasteiger partial charge in [0, 0.05) is 5.92 Å². The van der Waals surface area contributed by atoms with Crippen LogP contribution in [0.4, 0.5) is 0 Å². The topological polar surface area (TPSA) is 28.7 Å². The molecule has 0 amide bonds. The number of hydrogen-bond acceptors (Lipinski definition) is 2. The molecular weight excluding hydrogens is 216 g/mol. The SMILES string of the molecule is SCCc1ccc2nc(C3CCC3)[nH]c2c1. The molecule has 16 heavy (non-hydrogen) atoms. The largest absolute Gasteiger partial charge is 0.342 e. The van der Waals surface area contributed by atoms with E-state index in [1.807, 2.05) is 0 Å². The van der Waals surface area contributed by atoms with Gasteiger partial charge in [-0.1, -0.05) is 12.5 Å². The molecule has 0 spiro atoms. The lowest BCUT2D eigenvalue weighted by Crippen LogP contribution is -2.10. The molecule has 1 N–H and O–H groups in total. The molecule has 1 saturated carbocycles. The third-order valence-corrected chi connectivity index (χ3v) is 3.68. The lowest BCUT2D eigenvalue weighted by molar-refractivity contribution is 0.405. The lowest BCUT2D eigenvalue weighted by Gasteiger charge is -2.22.